The minimum Gasteiger partial charge on any atom is -0.478 e. The van der Waals surface area contributed by atoms with Crippen molar-refractivity contribution in [2.45, 2.75) is 27.2 Å². The van der Waals surface area contributed by atoms with Crippen LogP contribution in [0.25, 0.3) is 0 Å². The van der Waals surface area contributed by atoms with E-state index in [1.54, 1.807) is 6.92 Å². The lowest BCUT2D eigenvalue weighted by atomic mass is 10.1. The van der Waals surface area contributed by atoms with Gasteiger partial charge < -0.3 is 5.11 Å². The quantitative estimate of drug-likeness (QED) is 0.870. The zero-order chi connectivity index (χ0) is 13.4. The molecule has 4 nitrogen and oxygen atoms in total. The highest BCUT2D eigenvalue weighted by Crippen LogP contribution is 2.31. The minimum atomic E-state index is -1.02. The van der Waals surface area contributed by atoms with Crippen molar-refractivity contribution in [2.24, 2.45) is 0 Å². The van der Waals surface area contributed by atoms with E-state index in [1.807, 2.05) is 32.0 Å². The van der Waals surface area contributed by atoms with Crippen LogP contribution in [-0.2, 0) is 9.59 Å². The molecule has 1 aromatic rings. The van der Waals surface area contributed by atoms with Gasteiger partial charge in [0.05, 0.1) is 12.0 Å². The number of hydrogen-bond acceptors (Lipinski definition) is 2. The monoisotopic (exact) mass is 245 g/mol. The molecule has 0 atom stereocenters. The molecule has 18 heavy (non-hydrogen) atoms. The predicted octanol–water partition coefficient (Wildman–Crippen LogP) is 2.40. The number of rotatable bonds is 2. The van der Waals surface area contributed by atoms with Gasteiger partial charge in [-0.05, 0) is 44.0 Å². The lowest BCUT2D eigenvalue weighted by Gasteiger charge is -2.19. The van der Waals surface area contributed by atoms with E-state index in [9.17, 15) is 9.59 Å². The van der Waals surface area contributed by atoms with Crippen LogP contribution < -0.4 is 4.90 Å². The number of allylic oxidation sites excluding steroid dienone is 1. The Morgan fingerprint density at radius 3 is 2.39 bits per heavy atom. The Hall–Kier alpha value is -2.10. The van der Waals surface area contributed by atoms with Gasteiger partial charge in [-0.1, -0.05) is 6.07 Å². The second kappa shape index (κ2) is 4.29. The van der Waals surface area contributed by atoms with E-state index >= 15 is 0 Å². The first-order valence-corrected chi connectivity index (χ1v) is 5.75. The van der Waals surface area contributed by atoms with Gasteiger partial charge in [-0.15, -0.1) is 0 Å². The van der Waals surface area contributed by atoms with E-state index in [-0.39, 0.29) is 17.9 Å². The van der Waals surface area contributed by atoms with Crippen LogP contribution in [0.4, 0.5) is 5.69 Å². The Morgan fingerprint density at radius 1 is 1.22 bits per heavy atom. The lowest BCUT2D eigenvalue weighted by Crippen LogP contribution is -2.23. The molecule has 2 rings (SSSR count). The number of aryl methyl sites for hydroxylation is 2. The normalized spacial score (nSPS) is 15.5. The summed E-state index contributed by atoms with van der Waals surface area (Å²) in [6.07, 6.45) is -0.0336. The zero-order valence-corrected chi connectivity index (χ0v) is 10.7. The molecule has 4 heteroatoms. The molecular weight excluding hydrogens is 230 g/mol. The van der Waals surface area contributed by atoms with Gasteiger partial charge in [-0.2, -0.15) is 0 Å². The largest absolute Gasteiger partial charge is 0.478 e. The summed E-state index contributed by atoms with van der Waals surface area (Å²) in [5, 5.41) is 9.03. The van der Waals surface area contributed by atoms with E-state index in [0.717, 1.165) is 16.8 Å². The fraction of sp³-hybridized carbons (Fsp3) is 0.286. The molecule has 1 aliphatic heterocycles. The van der Waals surface area contributed by atoms with Crippen LogP contribution in [0.3, 0.4) is 0 Å². The molecule has 0 bridgehead atoms. The average molecular weight is 245 g/mol. The Kier molecular flexibility index (Phi) is 2.95. The number of carbonyl (C=O) groups is 2. The summed E-state index contributed by atoms with van der Waals surface area (Å²) in [6, 6.07) is 5.68. The van der Waals surface area contributed by atoms with Gasteiger partial charge in [0, 0.05) is 11.4 Å². The van der Waals surface area contributed by atoms with Crippen molar-refractivity contribution in [3.8, 4) is 0 Å². The van der Waals surface area contributed by atoms with Crippen LogP contribution in [0.2, 0.25) is 0 Å². The van der Waals surface area contributed by atoms with Crippen molar-refractivity contribution in [3.63, 3.8) is 0 Å². The maximum absolute atomic E-state index is 11.9. The van der Waals surface area contributed by atoms with Gasteiger partial charge in [0.15, 0.2) is 0 Å². The number of amides is 1. The summed E-state index contributed by atoms with van der Waals surface area (Å²) in [7, 11) is 0. The molecule has 0 unspecified atom stereocenters. The van der Waals surface area contributed by atoms with E-state index in [2.05, 4.69) is 0 Å². The molecule has 0 fully saturated rings. The molecule has 94 valence electrons. The molecule has 0 saturated carbocycles. The Morgan fingerprint density at radius 2 is 1.89 bits per heavy atom. The smallest absolute Gasteiger partial charge is 0.333 e. The van der Waals surface area contributed by atoms with Crippen molar-refractivity contribution in [2.75, 3.05) is 4.90 Å². The van der Waals surface area contributed by atoms with Crippen LogP contribution in [0.1, 0.15) is 24.5 Å². The summed E-state index contributed by atoms with van der Waals surface area (Å²) < 4.78 is 0. The van der Waals surface area contributed by atoms with Gasteiger partial charge in [0.25, 0.3) is 0 Å². The highest BCUT2D eigenvalue weighted by molar-refractivity contribution is 6.08. The van der Waals surface area contributed by atoms with Crippen LogP contribution in [0.15, 0.2) is 29.5 Å². The van der Waals surface area contributed by atoms with Gasteiger partial charge in [0.1, 0.15) is 0 Å². The van der Waals surface area contributed by atoms with Crippen molar-refractivity contribution in [3.05, 3.63) is 40.6 Å². The van der Waals surface area contributed by atoms with Gasteiger partial charge in [0.2, 0.25) is 5.91 Å². The van der Waals surface area contributed by atoms with E-state index in [4.69, 9.17) is 5.11 Å². The summed E-state index contributed by atoms with van der Waals surface area (Å²) in [5.74, 6) is -1.21. The number of hydrogen-bond donors (Lipinski definition) is 1. The Labute approximate surface area is 106 Å². The van der Waals surface area contributed by atoms with Gasteiger partial charge in [-0.3, -0.25) is 9.69 Å². The average Bonchev–Trinajstić information content (AvgIpc) is 2.59. The van der Waals surface area contributed by atoms with Gasteiger partial charge in [-0.25, -0.2) is 4.79 Å². The third-order valence-electron chi connectivity index (χ3n) is 3.36. The van der Waals surface area contributed by atoms with Crippen molar-refractivity contribution in [1.82, 2.24) is 0 Å². The van der Waals surface area contributed by atoms with E-state index in [1.165, 1.54) is 4.90 Å². The maximum atomic E-state index is 11.9. The third kappa shape index (κ3) is 1.90. The van der Waals surface area contributed by atoms with Gasteiger partial charge >= 0.3 is 5.97 Å². The van der Waals surface area contributed by atoms with E-state index < -0.39 is 5.97 Å². The van der Waals surface area contributed by atoms with Crippen molar-refractivity contribution < 1.29 is 14.7 Å². The van der Waals surface area contributed by atoms with Crippen LogP contribution in [-0.4, -0.2) is 17.0 Å². The number of carboxylic acid groups (broad SMARTS) is 1. The maximum Gasteiger partial charge on any atom is 0.333 e. The first kappa shape index (κ1) is 12.4. The highest BCUT2D eigenvalue weighted by atomic mass is 16.4. The molecule has 1 heterocycles. The number of aliphatic carboxylic acids is 1. The summed E-state index contributed by atoms with van der Waals surface area (Å²) >= 11 is 0. The predicted molar refractivity (Wildman–Crippen MR) is 68.4 cm³/mol. The zero-order valence-electron chi connectivity index (χ0n) is 10.7. The van der Waals surface area contributed by atoms with Crippen molar-refractivity contribution >= 4 is 17.6 Å². The minimum absolute atomic E-state index is 0.0336. The second-order valence-corrected chi connectivity index (χ2v) is 4.54. The first-order chi connectivity index (χ1) is 8.41. The van der Waals surface area contributed by atoms with Crippen LogP contribution in [0.5, 0.6) is 0 Å². The molecule has 1 amide bonds. The molecule has 0 aromatic heterocycles. The lowest BCUT2D eigenvalue weighted by molar-refractivity contribution is -0.133. The molecule has 1 aromatic carbocycles. The number of carboxylic acids is 1. The molecule has 0 radical (unpaired) electrons. The standard InChI is InChI=1S/C14H15NO3/c1-8-4-5-11(6-9(8)2)15-10(3)12(14(17)18)7-13(15)16/h4-6H,7H2,1-3H3,(H,17,18). The van der Waals surface area contributed by atoms with Crippen LogP contribution in [0, 0.1) is 13.8 Å². The van der Waals surface area contributed by atoms with Crippen LogP contribution >= 0.6 is 0 Å². The molecule has 1 aliphatic rings. The Balaban J connectivity index is 2.47. The van der Waals surface area contributed by atoms with Crippen molar-refractivity contribution in [1.29, 1.82) is 0 Å². The molecule has 0 aliphatic carbocycles. The van der Waals surface area contributed by atoms with E-state index in [0.29, 0.717) is 5.70 Å². The number of carbonyl (C=O) groups excluding carboxylic acids is 1. The second-order valence-electron chi connectivity index (χ2n) is 4.54. The fourth-order valence-electron chi connectivity index (χ4n) is 2.11. The molecule has 1 N–H and O–H groups in total. The number of anilines is 1. The molecular formula is C14H15NO3. The number of nitrogens with zero attached hydrogens (tertiary/aromatic N) is 1. The first-order valence-electron chi connectivity index (χ1n) is 5.75. The topological polar surface area (TPSA) is 57.6 Å². The SMILES string of the molecule is CC1=C(C(=O)O)CC(=O)N1c1ccc(C)c(C)c1. The highest BCUT2D eigenvalue weighted by Gasteiger charge is 2.32. The molecule has 0 spiro atoms. The molecule has 0 saturated heterocycles. The summed E-state index contributed by atoms with van der Waals surface area (Å²) in [6.45, 7) is 5.64. The third-order valence-corrected chi connectivity index (χ3v) is 3.36. The fourth-order valence-corrected chi connectivity index (χ4v) is 2.11. The summed E-state index contributed by atoms with van der Waals surface area (Å²) in [5.41, 5.74) is 3.65. The number of benzene rings is 1. The summed E-state index contributed by atoms with van der Waals surface area (Å²) in [4.78, 5) is 24.4. The Bertz CT molecular complexity index is 572.